The second-order valence-electron chi connectivity index (χ2n) is 4.68. The van der Waals surface area contributed by atoms with E-state index < -0.39 is 5.82 Å². The first-order valence-corrected chi connectivity index (χ1v) is 6.59. The first-order chi connectivity index (χ1) is 10.6. The minimum Gasteiger partial charge on any atom is -0.339 e. The van der Waals surface area contributed by atoms with Gasteiger partial charge in [0.15, 0.2) is 0 Å². The van der Waals surface area contributed by atoms with E-state index in [1.165, 1.54) is 18.2 Å². The standard InChI is InChI=1S/C16H12FN3O2/c1-10-18-15(20-22-10)11-4-2-5-12(8-11)16(21)19-14-7-3-6-13(17)9-14/h2-9H,1H3,(H,19,21). The molecule has 0 aliphatic rings. The van der Waals surface area contributed by atoms with Crippen LogP contribution in [0.15, 0.2) is 53.1 Å². The van der Waals surface area contributed by atoms with E-state index in [4.69, 9.17) is 4.52 Å². The molecule has 0 radical (unpaired) electrons. The maximum atomic E-state index is 13.1. The van der Waals surface area contributed by atoms with E-state index in [2.05, 4.69) is 15.5 Å². The van der Waals surface area contributed by atoms with Gasteiger partial charge in [0.05, 0.1) is 0 Å². The van der Waals surface area contributed by atoms with Crippen molar-refractivity contribution in [2.75, 3.05) is 5.32 Å². The van der Waals surface area contributed by atoms with Crippen molar-refractivity contribution in [3.63, 3.8) is 0 Å². The summed E-state index contributed by atoms with van der Waals surface area (Å²) in [4.78, 5) is 16.3. The third kappa shape index (κ3) is 3.01. The summed E-state index contributed by atoms with van der Waals surface area (Å²) in [5, 5.41) is 6.45. The number of carbonyl (C=O) groups is 1. The molecular formula is C16H12FN3O2. The zero-order chi connectivity index (χ0) is 15.5. The molecule has 6 heteroatoms. The lowest BCUT2D eigenvalue weighted by atomic mass is 10.1. The molecule has 1 amide bonds. The first kappa shape index (κ1) is 13.9. The molecule has 3 rings (SSSR count). The molecule has 0 bridgehead atoms. The maximum absolute atomic E-state index is 13.1. The third-order valence-corrected chi connectivity index (χ3v) is 2.99. The van der Waals surface area contributed by atoms with E-state index in [0.29, 0.717) is 28.5 Å². The fraction of sp³-hybridized carbons (Fsp3) is 0.0625. The van der Waals surface area contributed by atoms with Crippen LogP contribution >= 0.6 is 0 Å². The molecular weight excluding hydrogens is 285 g/mol. The molecule has 0 aliphatic carbocycles. The number of carbonyl (C=O) groups excluding carboxylic acids is 1. The zero-order valence-electron chi connectivity index (χ0n) is 11.7. The van der Waals surface area contributed by atoms with Crippen LogP contribution in [0, 0.1) is 12.7 Å². The summed E-state index contributed by atoms with van der Waals surface area (Å²) in [6, 6.07) is 12.5. The van der Waals surface area contributed by atoms with E-state index in [-0.39, 0.29) is 5.91 Å². The van der Waals surface area contributed by atoms with Gasteiger partial charge >= 0.3 is 0 Å². The monoisotopic (exact) mass is 297 g/mol. The highest BCUT2D eigenvalue weighted by molar-refractivity contribution is 6.04. The predicted molar refractivity (Wildman–Crippen MR) is 78.8 cm³/mol. The second kappa shape index (κ2) is 5.77. The lowest BCUT2D eigenvalue weighted by molar-refractivity contribution is 0.102. The zero-order valence-corrected chi connectivity index (χ0v) is 11.7. The lowest BCUT2D eigenvalue weighted by Gasteiger charge is -2.06. The summed E-state index contributed by atoms with van der Waals surface area (Å²) in [6.07, 6.45) is 0. The Kier molecular flexibility index (Phi) is 3.65. The molecule has 3 aromatic rings. The Hall–Kier alpha value is -3.02. The van der Waals surface area contributed by atoms with Crippen molar-refractivity contribution in [1.29, 1.82) is 0 Å². The number of aromatic nitrogens is 2. The molecule has 2 aromatic carbocycles. The third-order valence-electron chi connectivity index (χ3n) is 2.99. The maximum Gasteiger partial charge on any atom is 0.255 e. The van der Waals surface area contributed by atoms with Crippen LogP contribution in [0.4, 0.5) is 10.1 Å². The summed E-state index contributed by atoms with van der Waals surface area (Å²) >= 11 is 0. The molecule has 0 aliphatic heterocycles. The van der Waals surface area contributed by atoms with E-state index in [1.54, 1.807) is 37.3 Å². The Morgan fingerprint density at radius 1 is 1.18 bits per heavy atom. The van der Waals surface area contributed by atoms with Gasteiger partial charge in [0, 0.05) is 23.7 Å². The number of amides is 1. The highest BCUT2D eigenvalue weighted by atomic mass is 19.1. The number of hydrogen-bond acceptors (Lipinski definition) is 4. The highest BCUT2D eigenvalue weighted by Gasteiger charge is 2.11. The Morgan fingerprint density at radius 3 is 2.73 bits per heavy atom. The average Bonchev–Trinajstić information content (AvgIpc) is 2.94. The first-order valence-electron chi connectivity index (χ1n) is 6.59. The van der Waals surface area contributed by atoms with Crippen LogP contribution in [0.5, 0.6) is 0 Å². The van der Waals surface area contributed by atoms with E-state index in [9.17, 15) is 9.18 Å². The number of halogens is 1. The summed E-state index contributed by atoms with van der Waals surface area (Å²) in [7, 11) is 0. The fourth-order valence-electron chi connectivity index (χ4n) is 1.99. The molecule has 5 nitrogen and oxygen atoms in total. The molecule has 1 N–H and O–H groups in total. The number of aryl methyl sites for hydroxylation is 1. The van der Waals surface area contributed by atoms with Gasteiger partial charge in [-0.25, -0.2) is 4.39 Å². The highest BCUT2D eigenvalue weighted by Crippen LogP contribution is 2.18. The molecule has 0 saturated carbocycles. The van der Waals surface area contributed by atoms with Crippen LogP contribution in [0.2, 0.25) is 0 Å². The van der Waals surface area contributed by atoms with Crippen molar-refractivity contribution >= 4 is 11.6 Å². The number of rotatable bonds is 3. The van der Waals surface area contributed by atoms with E-state index in [0.717, 1.165) is 0 Å². The summed E-state index contributed by atoms with van der Waals surface area (Å²) in [6.45, 7) is 1.69. The smallest absolute Gasteiger partial charge is 0.255 e. The average molecular weight is 297 g/mol. The van der Waals surface area contributed by atoms with Crippen LogP contribution in [-0.4, -0.2) is 16.0 Å². The van der Waals surface area contributed by atoms with Crippen molar-refractivity contribution in [2.24, 2.45) is 0 Å². The molecule has 0 unspecified atom stereocenters. The number of hydrogen-bond donors (Lipinski definition) is 1. The minimum atomic E-state index is -0.408. The Balaban J connectivity index is 1.84. The predicted octanol–water partition coefficient (Wildman–Crippen LogP) is 3.44. The Bertz CT molecular complexity index is 830. The molecule has 0 spiro atoms. The fourth-order valence-corrected chi connectivity index (χ4v) is 1.99. The summed E-state index contributed by atoms with van der Waals surface area (Å²) in [5.74, 6) is 0.115. The molecule has 0 fully saturated rings. The number of nitrogens with one attached hydrogen (secondary N) is 1. The van der Waals surface area contributed by atoms with Gasteiger partial charge < -0.3 is 9.84 Å². The molecule has 0 atom stereocenters. The Morgan fingerprint density at radius 2 is 2.00 bits per heavy atom. The van der Waals surface area contributed by atoms with E-state index >= 15 is 0 Å². The number of anilines is 1. The normalized spacial score (nSPS) is 10.5. The quantitative estimate of drug-likeness (QED) is 0.804. The van der Waals surface area contributed by atoms with Crippen LogP contribution in [0.25, 0.3) is 11.4 Å². The van der Waals surface area contributed by atoms with Gasteiger partial charge in [-0.15, -0.1) is 0 Å². The van der Waals surface area contributed by atoms with Gasteiger partial charge in [-0.3, -0.25) is 4.79 Å². The van der Waals surface area contributed by atoms with Gasteiger partial charge in [-0.2, -0.15) is 4.98 Å². The van der Waals surface area contributed by atoms with Crippen LogP contribution in [0.1, 0.15) is 16.2 Å². The number of benzene rings is 2. The molecule has 1 heterocycles. The summed E-state index contributed by atoms with van der Waals surface area (Å²) < 4.78 is 18.1. The molecule has 22 heavy (non-hydrogen) atoms. The van der Waals surface area contributed by atoms with Crippen LogP contribution < -0.4 is 5.32 Å². The van der Waals surface area contributed by atoms with Gasteiger partial charge in [0.2, 0.25) is 11.7 Å². The SMILES string of the molecule is Cc1nc(-c2cccc(C(=O)Nc3cccc(F)c3)c2)no1. The second-order valence-corrected chi connectivity index (χ2v) is 4.68. The van der Waals surface area contributed by atoms with Crippen molar-refractivity contribution in [1.82, 2.24) is 10.1 Å². The van der Waals surface area contributed by atoms with Gasteiger partial charge in [0.1, 0.15) is 5.82 Å². The molecule has 1 aromatic heterocycles. The molecule has 0 saturated heterocycles. The number of nitrogens with zero attached hydrogens (tertiary/aromatic N) is 2. The van der Waals surface area contributed by atoms with Crippen LogP contribution in [-0.2, 0) is 0 Å². The molecule has 110 valence electrons. The van der Waals surface area contributed by atoms with Crippen molar-refractivity contribution in [3.05, 3.63) is 65.8 Å². The Labute approximate surface area is 125 Å². The van der Waals surface area contributed by atoms with Crippen molar-refractivity contribution in [3.8, 4) is 11.4 Å². The van der Waals surface area contributed by atoms with Crippen molar-refractivity contribution in [2.45, 2.75) is 6.92 Å². The largest absolute Gasteiger partial charge is 0.339 e. The topological polar surface area (TPSA) is 68.0 Å². The van der Waals surface area contributed by atoms with Crippen LogP contribution in [0.3, 0.4) is 0 Å². The lowest BCUT2D eigenvalue weighted by Crippen LogP contribution is -2.12. The van der Waals surface area contributed by atoms with E-state index in [1.807, 2.05) is 0 Å². The van der Waals surface area contributed by atoms with Gasteiger partial charge in [-0.05, 0) is 30.3 Å². The van der Waals surface area contributed by atoms with Gasteiger partial charge in [0.25, 0.3) is 5.91 Å². The van der Waals surface area contributed by atoms with Crippen molar-refractivity contribution < 1.29 is 13.7 Å². The van der Waals surface area contributed by atoms with Gasteiger partial charge in [-0.1, -0.05) is 23.4 Å². The summed E-state index contributed by atoms with van der Waals surface area (Å²) in [5.41, 5.74) is 1.48. The minimum absolute atomic E-state index is 0.340.